The number of hydrogen-bond acceptors (Lipinski definition) is 4. The fourth-order valence-electron chi connectivity index (χ4n) is 6.08. The van der Waals surface area contributed by atoms with Crippen molar-refractivity contribution in [3.8, 4) is 0 Å². The van der Waals surface area contributed by atoms with Crippen LogP contribution < -0.4 is 5.73 Å². The molecule has 5 aliphatic rings. The highest BCUT2D eigenvalue weighted by Crippen LogP contribution is 2.70. The second-order valence-corrected chi connectivity index (χ2v) is 8.39. The van der Waals surface area contributed by atoms with E-state index in [2.05, 4.69) is 6.92 Å². The molecule has 0 aromatic rings. The Bertz CT molecular complexity index is 447. The van der Waals surface area contributed by atoms with E-state index in [0.29, 0.717) is 17.8 Å². The monoisotopic (exact) mass is 293 g/mol. The molecule has 2 N–H and O–H groups in total. The number of fused-ring (bicyclic) bond motifs is 1. The van der Waals surface area contributed by atoms with Crippen LogP contribution in [0.5, 0.6) is 0 Å². The van der Waals surface area contributed by atoms with Crippen molar-refractivity contribution in [1.82, 2.24) is 0 Å². The zero-order valence-corrected chi connectivity index (χ0v) is 12.9. The van der Waals surface area contributed by atoms with Crippen LogP contribution in [0.2, 0.25) is 0 Å². The first kappa shape index (κ1) is 13.3. The summed E-state index contributed by atoms with van der Waals surface area (Å²) in [6.45, 7) is 3.09. The summed E-state index contributed by atoms with van der Waals surface area (Å²) in [5.41, 5.74) is 5.81. The molecule has 5 fully saturated rings. The maximum Gasteiger partial charge on any atom is 0.210 e. The van der Waals surface area contributed by atoms with E-state index in [4.69, 9.17) is 20.2 Å². The summed E-state index contributed by atoms with van der Waals surface area (Å²) >= 11 is 0. The lowest BCUT2D eigenvalue weighted by Gasteiger charge is -2.67. The molecule has 4 nitrogen and oxygen atoms in total. The highest BCUT2D eigenvalue weighted by Gasteiger charge is 2.71. The van der Waals surface area contributed by atoms with Gasteiger partial charge in [0.1, 0.15) is 0 Å². The highest BCUT2D eigenvalue weighted by atomic mass is 17.3. The van der Waals surface area contributed by atoms with Crippen molar-refractivity contribution in [2.45, 2.75) is 63.4 Å². The van der Waals surface area contributed by atoms with E-state index in [-0.39, 0.29) is 0 Å². The van der Waals surface area contributed by atoms with Gasteiger partial charge in [-0.15, -0.1) is 0 Å². The maximum atomic E-state index is 6.64. The van der Waals surface area contributed by atoms with Crippen LogP contribution in [0.25, 0.3) is 0 Å². The van der Waals surface area contributed by atoms with Gasteiger partial charge >= 0.3 is 0 Å². The zero-order valence-electron chi connectivity index (χ0n) is 12.9. The molecule has 21 heavy (non-hydrogen) atoms. The van der Waals surface area contributed by atoms with Crippen molar-refractivity contribution >= 4 is 0 Å². The Hall–Kier alpha value is -0.160. The van der Waals surface area contributed by atoms with E-state index in [1.54, 1.807) is 0 Å². The van der Waals surface area contributed by atoms with Gasteiger partial charge < -0.3 is 10.5 Å². The summed E-state index contributed by atoms with van der Waals surface area (Å²) in [6, 6.07) is 0. The fourth-order valence-corrected chi connectivity index (χ4v) is 6.08. The molecule has 0 aromatic carbocycles. The molecule has 1 heterocycles. The van der Waals surface area contributed by atoms with Gasteiger partial charge in [-0.3, -0.25) is 0 Å². The second-order valence-electron chi connectivity index (χ2n) is 8.39. The Morgan fingerprint density at radius 3 is 2.52 bits per heavy atom. The molecule has 1 saturated heterocycles. The first-order valence-electron chi connectivity index (χ1n) is 8.93. The quantitative estimate of drug-likeness (QED) is 0.755. The lowest BCUT2D eigenvalue weighted by Crippen LogP contribution is -2.67. The Kier molecular flexibility index (Phi) is 2.67. The largest absolute Gasteiger partial charge is 0.330 e. The lowest BCUT2D eigenvalue weighted by atomic mass is 9.40. The minimum absolute atomic E-state index is 0.437. The standard InChI is InChI=1S/C17H27NO3/c1-10-6-12-7-13-8-14(15(12)13)17(10)19-16(20-21-17)4-2-11(9-18)3-5-16/h10-15H,2-9,18H2,1H3. The number of nitrogens with two attached hydrogens (primary N) is 1. The fraction of sp³-hybridized carbons (Fsp3) is 1.00. The van der Waals surface area contributed by atoms with Crippen LogP contribution in [0.4, 0.5) is 0 Å². The normalized spacial score (nSPS) is 61.4. The van der Waals surface area contributed by atoms with Gasteiger partial charge in [0.15, 0.2) is 0 Å². The minimum Gasteiger partial charge on any atom is -0.330 e. The van der Waals surface area contributed by atoms with Crippen LogP contribution in [0.1, 0.15) is 51.9 Å². The first-order chi connectivity index (χ1) is 10.2. The second kappa shape index (κ2) is 4.22. The van der Waals surface area contributed by atoms with Crippen LogP contribution in [-0.2, 0) is 14.5 Å². The van der Waals surface area contributed by atoms with Gasteiger partial charge in [-0.1, -0.05) is 6.92 Å². The van der Waals surface area contributed by atoms with Gasteiger partial charge in [-0.25, -0.2) is 0 Å². The zero-order chi connectivity index (χ0) is 14.2. The molecular formula is C17H27NO3. The number of rotatable bonds is 1. The Labute approximate surface area is 126 Å². The third kappa shape index (κ3) is 1.60. The summed E-state index contributed by atoms with van der Waals surface area (Å²) in [5.74, 6) is 3.52. The van der Waals surface area contributed by atoms with Gasteiger partial charge in [0, 0.05) is 24.7 Å². The van der Waals surface area contributed by atoms with Gasteiger partial charge in [0.2, 0.25) is 11.6 Å². The summed E-state index contributed by atoms with van der Waals surface area (Å²) < 4.78 is 6.64. The smallest absolute Gasteiger partial charge is 0.210 e. The van der Waals surface area contributed by atoms with Crippen molar-refractivity contribution in [2.75, 3.05) is 6.54 Å². The predicted octanol–water partition coefficient (Wildman–Crippen LogP) is 2.82. The molecule has 2 spiro atoms. The molecule has 118 valence electrons. The molecular weight excluding hydrogens is 266 g/mol. The van der Waals surface area contributed by atoms with Crippen molar-refractivity contribution < 1.29 is 14.5 Å². The average Bonchev–Trinajstić information content (AvgIpc) is 2.83. The average molecular weight is 293 g/mol. The summed E-state index contributed by atoms with van der Waals surface area (Å²) in [7, 11) is 0. The third-order valence-corrected chi connectivity index (χ3v) is 7.45. The van der Waals surface area contributed by atoms with Crippen LogP contribution >= 0.6 is 0 Å². The molecule has 0 radical (unpaired) electrons. The Morgan fingerprint density at radius 1 is 1.05 bits per heavy atom. The van der Waals surface area contributed by atoms with E-state index in [1.807, 2.05) is 0 Å². The van der Waals surface area contributed by atoms with Crippen molar-refractivity contribution in [3.05, 3.63) is 0 Å². The molecule has 6 atom stereocenters. The lowest BCUT2D eigenvalue weighted by molar-refractivity contribution is -0.404. The van der Waals surface area contributed by atoms with E-state index in [9.17, 15) is 0 Å². The van der Waals surface area contributed by atoms with Crippen molar-refractivity contribution in [3.63, 3.8) is 0 Å². The molecule has 1 aliphatic heterocycles. The van der Waals surface area contributed by atoms with E-state index >= 15 is 0 Å². The van der Waals surface area contributed by atoms with Crippen LogP contribution in [0.15, 0.2) is 0 Å². The summed E-state index contributed by atoms with van der Waals surface area (Å²) in [5, 5.41) is 0. The van der Waals surface area contributed by atoms with E-state index in [0.717, 1.165) is 50.0 Å². The molecule has 0 bridgehead atoms. The number of ether oxygens (including phenoxy) is 1. The summed E-state index contributed by atoms with van der Waals surface area (Å²) in [6.07, 6.45) is 8.07. The van der Waals surface area contributed by atoms with Gasteiger partial charge in [-0.05, 0) is 62.3 Å². The number of hydrogen-bond donors (Lipinski definition) is 1. The third-order valence-electron chi connectivity index (χ3n) is 7.45. The first-order valence-corrected chi connectivity index (χ1v) is 8.93. The molecule has 4 aliphatic carbocycles. The van der Waals surface area contributed by atoms with Crippen molar-refractivity contribution in [2.24, 2.45) is 41.2 Å². The molecule has 5 rings (SSSR count). The SMILES string of the molecule is CC1CC2CC3CC(C23)C12OOC1(CCC(CN)CC1)O2. The van der Waals surface area contributed by atoms with Crippen LogP contribution in [0.3, 0.4) is 0 Å². The van der Waals surface area contributed by atoms with Crippen LogP contribution in [-0.4, -0.2) is 18.1 Å². The molecule has 0 amide bonds. The van der Waals surface area contributed by atoms with Gasteiger partial charge in [0.05, 0.1) is 0 Å². The molecule has 0 aromatic heterocycles. The topological polar surface area (TPSA) is 53.7 Å². The molecule has 6 unspecified atom stereocenters. The molecule has 4 heteroatoms. The van der Waals surface area contributed by atoms with E-state index < -0.39 is 11.6 Å². The Morgan fingerprint density at radius 2 is 1.81 bits per heavy atom. The summed E-state index contributed by atoms with van der Waals surface area (Å²) in [4.78, 5) is 11.9. The van der Waals surface area contributed by atoms with Crippen LogP contribution in [0, 0.1) is 35.5 Å². The van der Waals surface area contributed by atoms with Gasteiger partial charge in [-0.2, -0.15) is 9.78 Å². The maximum absolute atomic E-state index is 6.64. The molecule has 4 saturated carbocycles. The van der Waals surface area contributed by atoms with E-state index in [1.165, 1.54) is 19.3 Å². The minimum atomic E-state index is -0.471. The predicted molar refractivity (Wildman–Crippen MR) is 76.7 cm³/mol. The Balaban J connectivity index is 1.37. The van der Waals surface area contributed by atoms with Crippen molar-refractivity contribution in [1.29, 1.82) is 0 Å². The van der Waals surface area contributed by atoms with Gasteiger partial charge in [0.25, 0.3) is 0 Å². The highest BCUT2D eigenvalue weighted by molar-refractivity contribution is 5.13.